The summed E-state index contributed by atoms with van der Waals surface area (Å²) in [7, 11) is 0. The zero-order valence-electron chi connectivity index (χ0n) is 10.5. The van der Waals surface area contributed by atoms with E-state index in [-0.39, 0.29) is 0 Å². The molecule has 1 unspecified atom stereocenters. The molecule has 3 nitrogen and oxygen atoms in total. The predicted octanol–water partition coefficient (Wildman–Crippen LogP) is 2.47. The van der Waals surface area contributed by atoms with Crippen LogP contribution in [0.5, 0.6) is 0 Å². The van der Waals surface area contributed by atoms with Gasteiger partial charge in [0.25, 0.3) is 0 Å². The summed E-state index contributed by atoms with van der Waals surface area (Å²) < 4.78 is 5.44. The molecular weight excluding hydrogens is 264 g/mol. The molecule has 100 valence electrons. The lowest BCUT2D eigenvalue weighted by molar-refractivity contribution is 0.0540. The molecule has 1 atom stereocenters. The number of nitrogens with two attached hydrogens (primary N) is 1. The standard InChI is InChI=1S/C13H20N2OS2/c14-15-13(9-1-4-16-5-2-9)12-7-10-8-17-6-3-11(10)18-12/h7,9,13,15H,1-6,8,14H2. The highest BCUT2D eigenvalue weighted by atomic mass is 32.2. The van der Waals surface area contributed by atoms with Gasteiger partial charge in [0.1, 0.15) is 0 Å². The smallest absolute Gasteiger partial charge is 0.0583 e. The number of nitrogens with one attached hydrogen (secondary N) is 1. The summed E-state index contributed by atoms with van der Waals surface area (Å²) in [6.45, 7) is 1.76. The Morgan fingerprint density at radius 3 is 2.94 bits per heavy atom. The van der Waals surface area contributed by atoms with Gasteiger partial charge in [-0.25, -0.2) is 0 Å². The van der Waals surface area contributed by atoms with Crippen LogP contribution in [0.1, 0.15) is 34.2 Å². The van der Waals surface area contributed by atoms with Crippen LogP contribution in [0, 0.1) is 5.92 Å². The number of thiophene rings is 1. The van der Waals surface area contributed by atoms with Gasteiger partial charge in [-0.15, -0.1) is 11.3 Å². The van der Waals surface area contributed by atoms with Crippen molar-refractivity contribution in [2.75, 3.05) is 19.0 Å². The van der Waals surface area contributed by atoms with Crippen LogP contribution in [0.25, 0.3) is 0 Å². The Morgan fingerprint density at radius 2 is 2.22 bits per heavy atom. The Kier molecular flexibility index (Phi) is 4.26. The van der Waals surface area contributed by atoms with E-state index in [1.165, 1.54) is 22.8 Å². The van der Waals surface area contributed by atoms with Crippen LogP contribution < -0.4 is 11.3 Å². The highest BCUT2D eigenvalue weighted by Gasteiger charge is 2.27. The van der Waals surface area contributed by atoms with Crippen molar-refractivity contribution in [1.82, 2.24) is 5.43 Å². The first-order chi connectivity index (χ1) is 8.88. The molecule has 0 aromatic carbocycles. The minimum absolute atomic E-state index is 0.314. The van der Waals surface area contributed by atoms with Gasteiger partial charge in [0.2, 0.25) is 0 Å². The fourth-order valence-electron chi connectivity index (χ4n) is 2.82. The summed E-state index contributed by atoms with van der Waals surface area (Å²) in [5, 5.41) is 0. The molecule has 2 aliphatic heterocycles. The van der Waals surface area contributed by atoms with Gasteiger partial charge in [0, 0.05) is 28.7 Å². The zero-order valence-corrected chi connectivity index (χ0v) is 12.1. The van der Waals surface area contributed by atoms with E-state index in [0.29, 0.717) is 12.0 Å². The third kappa shape index (κ3) is 2.60. The predicted molar refractivity (Wildman–Crippen MR) is 77.8 cm³/mol. The van der Waals surface area contributed by atoms with Crippen molar-refractivity contribution in [3.05, 3.63) is 21.4 Å². The fourth-order valence-corrected chi connectivity index (χ4v) is 5.35. The van der Waals surface area contributed by atoms with Crippen molar-refractivity contribution in [3.63, 3.8) is 0 Å². The lowest BCUT2D eigenvalue weighted by Gasteiger charge is -2.29. The molecule has 5 heteroatoms. The molecule has 0 saturated carbocycles. The molecule has 0 spiro atoms. The van der Waals surface area contributed by atoms with Crippen LogP contribution in [-0.2, 0) is 16.9 Å². The maximum absolute atomic E-state index is 5.80. The van der Waals surface area contributed by atoms with E-state index in [0.717, 1.165) is 26.1 Å². The normalized spacial score (nSPS) is 22.7. The van der Waals surface area contributed by atoms with Crippen molar-refractivity contribution in [3.8, 4) is 0 Å². The zero-order chi connectivity index (χ0) is 12.4. The highest BCUT2D eigenvalue weighted by Crippen LogP contribution is 2.38. The molecule has 3 N–H and O–H groups in total. The Labute approximate surface area is 116 Å². The van der Waals surface area contributed by atoms with Gasteiger partial charge in [0.05, 0.1) is 6.04 Å². The molecule has 2 aliphatic rings. The maximum atomic E-state index is 5.80. The number of thioether (sulfide) groups is 1. The first-order valence-corrected chi connectivity index (χ1v) is 8.58. The molecule has 1 fully saturated rings. The van der Waals surface area contributed by atoms with Crippen LogP contribution in [0.4, 0.5) is 0 Å². The summed E-state index contributed by atoms with van der Waals surface area (Å²) >= 11 is 4.01. The Hall–Kier alpha value is -0.0700. The second kappa shape index (κ2) is 5.92. The monoisotopic (exact) mass is 284 g/mol. The van der Waals surface area contributed by atoms with Crippen LogP contribution in [-0.4, -0.2) is 19.0 Å². The van der Waals surface area contributed by atoms with Crippen molar-refractivity contribution in [2.45, 2.75) is 31.1 Å². The number of hydrogen-bond acceptors (Lipinski definition) is 5. The second-order valence-corrected chi connectivity index (χ2v) is 7.27. The van der Waals surface area contributed by atoms with Gasteiger partial charge in [-0.05, 0) is 42.6 Å². The fraction of sp³-hybridized carbons (Fsp3) is 0.692. The van der Waals surface area contributed by atoms with E-state index in [9.17, 15) is 0 Å². The molecule has 3 rings (SSSR count). The summed E-state index contributed by atoms with van der Waals surface area (Å²) in [6, 6.07) is 2.70. The molecule has 0 bridgehead atoms. The summed E-state index contributed by atoms with van der Waals surface area (Å²) in [4.78, 5) is 3.01. The van der Waals surface area contributed by atoms with Gasteiger partial charge in [-0.2, -0.15) is 11.8 Å². The number of rotatable bonds is 3. The molecular formula is C13H20N2OS2. The van der Waals surface area contributed by atoms with Crippen molar-refractivity contribution in [1.29, 1.82) is 0 Å². The van der Waals surface area contributed by atoms with E-state index in [1.807, 2.05) is 23.1 Å². The lowest BCUT2D eigenvalue weighted by Crippen LogP contribution is -2.35. The van der Waals surface area contributed by atoms with E-state index in [2.05, 4.69) is 11.5 Å². The van der Waals surface area contributed by atoms with Crippen LogP contribution in [0.2, 0.25) is 0 Å². The minimum atomic E-state index is 0.314. The van der Waals surface area contributed by atoms with Crippen molar-refractivity contribution < 1.29 is 4.74 Å². The van der Waals surface area contributed by atoms with Gasteiger partial charge in [-0.3, -0.25) is 11.3 Å². The van der Waals surface area contributed by atoms with Gasteiger partial charge in [0.15, 0.2) is 0 Å². The molecule has 0 aliphatic carbocycles. The Morgan fingerprint density at radius 1 is 1.39 bits per heavy atom. The Balaban J connectivity index is 1.79. The quantitative estimate of drug-likeness (QED) is 0.661. The van der Waals surface area contributed by atoms with E-state index in [4.69, 9.17) is 10.6 Å². The number of ether oxygens (including phenoxy) is 1. The first kappa shape index (κ1) is 12.9. The maximum Gasteiger partial charge on any atom is 0.0583 e. The lowest BCUT2D eigenvalue weighted by atomic mass is 9.91. The highest BCUT2D eigenvalue weighted by molar-refractivity contribution is 7.98. The minimum Gasteiger partial charge on any atom is -0.381 e. The number of aryl methyl sites for hydroxylation is 1. The van der Waals surface area contributed by atoms with Crippen molar-refractivity contribution in [2.24, 2.45) is 11.8 Å². The molecule has 18 heavy (non-hydrogen) atoms. The molecule has 1 aromatic heterocycles. The molecule has 0 amide bonds. The average Bonchev–Trinajstić information content (AvgIpc) is 2.84. The van der Waals surface area contributed by atoms with Gasteiger partial charge < -0.3 is 4.74 Å². The molecule has 3 heterocycles. The molecule has 1 aromatic rings. The number of fused-ring (bicyclic) bond motifs is 1. The van der Waals surface area contributed by atoms with Crippen LogP contribution >= 0.6 is 23.1 Å². The van der Waals surface area contributed by atoms with Gasteiger partial charge >= 0.3 is 0 Å². The van der Waals surface area contributed by atoms with E-state index in [1.54, 1.807) is 10.4 Å². The SMILES string of the molecule is NNC(c1cc2c(s1)CCSC2)C1CCOCC1. The first-order valence-electron chi connectivity index (χ1n) is 6.61. The number of hydrogen-bond donors (Lipinski definition) is 2. The van der Waals surface area contributed by atoms with E-state index < -0.39 is 0 Å². The molecule has 0 radical (unpaired) electrons. The average molecular weight is 284 g/mol. The van der Waals surface area contributed by atoms with Gasteiger partial charge in [-0.1, -0.05) is 0 Å². The second-order valence-electron chi connectivity index (χ2n) is 4.99. The van der Waals surface area contributed by atoms with E-state index >= 15 is 0 Å². The van der Waals surface area contributed by atoms with Crippen LogP contribution in [0.15, 0.2) is 6.07 Å². The third-order valence-corrected chi connectivity index (χ3v) is 6.20. The largest absolute Gasteiger partial charge is 0.381 e. The van der Waals surface area contributed by atoms with Crippen molar-refractivity contribution >= 4 is 23.1 Å². The Bertz CT molecular complexity index is 378. The topological polar surface area (TPSA) is 47.3 Å². The number of hydrazine groups is 1. The third-order valence-electron chi connectivity index (χ3n) is 3.87. The molecule has 1 saturated heterocycles. The summed E-state index contributed by atoms with van der Waals surface area (Å²) in [5.74, 6) is 8.87. The summed E-state index contributed by atoms with van der Waals surface area (Å²) in [5.41, 5.74) is 4.59. The summed E-state index contributed by atoms with van der Waals surface area (Å²) in [6.07, 6.45) is 3.47. The van der Waals surface area contributed by atoms with Crippen LogP contribution in [0.3, 0.4) is 0 Å².